The quantitative estimate of drug-likeness (QED) is 0.525. The minimum Gasteiger partial charge on any atom is -0.444 e. The van der Waals surface area contributed by atoms with Gasteiger partial charge >= 0.3 is 6.09 Å². The van der Waals surface area contributed by atoms with Crippen LogP contribution in [0, 0.1) is 5.82 Å². The van der Waals surface area contributed by atoms with Crippen molar-refractivity contribution < 1.29 is 19.0 Å². The Morgan fingerprint density at radius 2 is 1.97 bits per heavy atom. The first-order chi connectivity index (χ1) is 16.8. The number of nitrogens with zero attached hydrogens (tertiary/aromatic N) is 4. The van der Waals surface area contributed by atoms with Crippen LogP contribution in [0.2, 0.25) is 0 Å². The van der Waals surface area contributed by atoms with Crippen LogP contribution in [-0.2, 0) is 11.3 Å². The molecule has 0 unspecified atom stereocenters. The number of piperidine rings is 1. The van der Waals surface area contributed by atoms with Gasteiger partial charge in [0.25, 0.3) is 0 Å². The van der Waals surface area contributed by atoms with Gasteiger partial charge in [-0.1, -0.05) is 12.1 Å². The first kappa shape index (κ1) is 23.9. The number of anilines is 2. The van der Waals surface area contributed by atoms with E-state index in [1.165, 1.54) is 32.0 Å². The molecule has 2 saturated heterocycles. The number of carbonyl (C=O) groups is 1. The van der Waals surface area contributed by atoms with Crippen molar-refractivity contribution in [3.63, 3.8) is 0 Å². The second-order valence-corrected chi connectivity index (χ2v) is 10.1. The molecule has 1 saturated carbocycles. The Bertz CT molecular complexity index is 1070. The Hall–Kier alpha value is -2.82. The number of carbonyl (C=O) groups excluding carboxylic acids is 1. The minimum absolute atomic E-state index is 0.143. The fourth-order valence-electron chi connectivity index (χ4n) is 4.73. The molecular weight excluding hydrogens is 451 g/mol. The maximum absolute atomic E-state index is 15.0. The zero-order valence-corrected chi connectivity index (χ0v) is 20.2. The third-order valence-corrected chi connectivity index (χ3v) is 6.96. The number of halogens is 1. The molecule has 3 N–H and O–H groups in total. The second kappa shape index (κ2) is 9.67. The molecule has 0 bridgehead atoms. The molecule has 2 aliphatic heterocycles. The molecule has 0 spiro atoms. The molecule has 3 fully saturated rings. The van der Waals surface area contributed by atoms with Crippen molar-refractivity contribution in [2.24, 2.45) is 0 Å². The number of likely N-dealkylation sites (tertiary alicyclic amines) is 1. The number of hydrogen-bond donors (Lipinski definition) is 3. The summed E-state index contributed by atoms with van der Waals surface area (Å²) in [5.41, 5.74) is -0.0289. The van der Waals surface area contributed by atoms with E-state index < -0.39 is 11.8 Å². The molecule has 1 aromatic heterocycles. The zero-order chi connectivity index (χ0) is 24.6. The van der Waals surface area contributed by atoms with E-state index in [1.807, 2.05) is 19.1 Å². The molecule has 0 radical (unpaired) electrons. The zero-order valence-electron chi connectivity index (χ0n) is 20.2. The van der Waals surface area contributed by atoms with Crippen molar-refractivity contribution in [1.29, 1.82) is 0 Å². The first-order valence-electron chi connectivity index (χ1n) is 12.3. The predicted molar refractivity (Wildman–Crippen MR) is 129 cm³/mol. The van der Waals surface area contributed by atoms with Crippen molar-refractivity contribution in [3.05, 3.63) is 47.4 Å². The fourth-order valence-corrected chi connectivity index (χ4v) is 4.73. The Labute approximate surface area is 204 Å². The molecule has 9 nitrogen and oxygen atoms in total. The lowest BCUT2D eigenvalue weighted by Gasteiger charge is -2.32. The van der Waals surface area contributed by atoms with E-state index in [9.17, 15) is 14.3 Å². The highest BCUT2D eigenvalue weighted by Gasteiger charge is 2.44. The van der Waals surface area contributed by atoms with Crippen LogP contribution in [-0.4, -0.2) is 63.6 Å². The SMILES string of the molecule is C[C@H](Nc1nccc(N2C(=O)OC[C@]2(C)O)n1)c1ccc(CN2CCC(NC3CC3)CC2)c(F)c1. The van der Waals surface area contributed by atoms with Gasteiger partial charge in [-0.3, -0.25) is 4.90 Å². The molecule has 35 heavy (non-hydrogen) atoms. The Kier molecular flexibility index (Phi) is 6.61. The average Bonchev–Trinajstić information content (AvgIpc) is 3.59. The number of amides is 1. The highest BCUT2D eigenvalue weighted by molar-refractivity contribution is 5.89. The van der Waals surface area contributed by atoms with Gasteiger partial charge in [0, 0.05) is 30.4 Å². The highest BCUT2D eigenvalue weighted by Crippen LogP contribution is 2.29. The summed E-state index contributed by atoms with van der Waals surface area (Å²) in [6.07, 6.45) is 5.65. The maximum Gasteiger partial charge on any atom is 0.418 e. The van der Waals surface area contributed by atoms with Gasteiger partial charge in [-0.15, -0.1) is 0 Å². The van der Waals surface area contributed by atoms with Crippen LogP contribution in [0.5, 0.6) is 0 Å². The number of cyclic esters (lactones) is 1. The van der Waals surface area contributed by atoms with Crippen LogP contribution in [0.25, 0.3) is 0 Å². The van der Waals surface area contributed by atoms with Crippen molar-refractivity contribution in [3.8, 4) is 0 Å². The summed E-state index contributed by atoms with van der Waals surface area (Å²) in [5.74, 6) is 0.261. The number of ether oxygens (including phenoxy) is 1. The van der Waals surface area contributed by atoms with Crippen LogP contribution >= 0.6 is 0 Å². The summed E-state index contributed by atoms with van der Waals surface area (Å²) in [5, 5.41) is 17.3. The van der Waals surface area contributed by atoms with Crippen molar-refractivity contribution >= 4 is 17.9 Å². The predicted octanol–water partition coefficient (Wildman–Crippen LogP) is 3.17. The molecule has 5 rings (SSSR count). The van der Waals surface area contributed by atoms with Gasteiger partial charge in [-0.2, -0.15) is 4.98 Å². The summed E-state index contributed by atoms with van der Waals surface area (Å²) in [6.45, 7) is 5.80. The number of aromatic nitrogens is 2. The lowest BCUT2D eigenvalue weighted by Crippen LogP contribution is -2.45. The summed E-state index contributed by atoms with van der Waals surface area (Å²) < 4.78 is 19.9. The fraction of sp³-hybridized carbons (Fsp3) is 0.560. The molecule has 2 atom stereocenters. The van der Waals surface area contributed by atoms with Crippen LogP contribution in [0.4, 0.5) is 21.0 Å². The third-order valence-electron chi connectivity index (χ3n) is 6.96. The van der Waals surface area contributed by atoms with Crippen LogP contribution < -0.4 is 15.5 Å². The standard InChI is InChI=1S/C25H33FN6O3/c1-16(28-23-27-10-7-22(30-23)32-24(33)35-15-25(32,2)34)17-3-4-18(21(26)13-17)14-31-11-8-20(9-12-31)29-19-5-6-19/h3-4,7,10,13,16,19-20,29,34H,5-6,8-9,11-12,14-15H2,1-2H3,(H,27,28,30)/t16-,25-/m0/s1. The second-order valence-electron chi connectivity index (χ2n) is 10.1. The first-order valence-corrected chi connectivity index (χ1v) is 12.3. The highest BCUT2D eigenvalue weighted by atomic mass is 19.1. The largest absolute Gasteiger partial charge is 0.444 e. The van der Waals surface area contributed by atoms with Crippen LogP contribution in [0.3, 0.4) is 0 Å². The molecule has 1 aliphatic carbocycles. The monoisotopic (exact) mass is 484 g/mol. The number of benzene rings is 1. The molecule has 188 valence electrons. The van der Waals surface area contributed by atoms with Crippen molar-refractivity contribution in [2.45, 2.75) is 69.9 Å². The Morgan fingerprint density at radius 1 is 1.23 bits per heavy atom. The Balaban J connectivity index is 1.19. The van der Waals surface area contributed by atoms with E-state index in [-0.39, 0.29) is 30.2 Å². The van der Waals surface area contributed by atoms with E-state index in [4.69, 9.17) is 4.74 Å². The normalized spacial score (nSPS) is 24.5. The van der Waals surface area contributed by atoms with Crippen molar-refractivity contribution in [1.82, 2.24) is 20.2 Å². The van der Waals surface area contributed by atoms with Gasteiger partial charge < -0.3 is 20.5 Å². The maximum atomic E-state index is 15.0. The van der Waals surface area contributed by atoms with Gasteiger partial charge in [-0.25, -0.2) is 19.1 Å². The summed E-state index contributed by atoms with van der Waals surface area (Å²) in [6, 6.07) is 7.91. The molecule has 10 heteroatoms. The minimum atomic E-state index is -1.49. The number of rotatable bonds is 8. The summed E-state index contributed by atoms with van der Waals surface area (Å²) in [7, 11) is 0. The number of hydrogen-bond acceptors (Lipinski definition) is 8. The molecular formula is C25H33FN6O3. The van der Waals surface area contributed by atoms with Crippen molar-refractivity contribution in [2.75, 3.05) is 29.9 Å². The van der Waals surface area contributed by atoms with E-state index in [0.29, 0.717) is 18.2 Å². The van der Waals surface area contributed by atoms with Gasteiger partial charge in [0.15, 0.2) is 5.72 Å². The van der Waals surface area contributed by atoms with E-state index in [1.54, 1.807) is 6.07 Å². The molecule has 3 heterocycles. The average molecular weight is 485 g/mol. The lowest BCUT2D eigenvalue weighted by atomic mass is 10.0. The van der Waals surface area contributed by atoms with E-state index in [2.05, 4.69) is 25.5 Å². The van der Waals surface area contributed by atoms with E-state index >= 15 is 0 Å². The lowest BCUT2D eigenvalue weighted by molar-refractivity contribution is 0.0475. The summed E-state index contributed by atoms with van der Waals surface area (Å²) >= 11 is 0. The number of nitrogens with one attached hydrogen (secondary N) is 2. The van der Waals surface area contributed by atoms with Crippen LogP contribution in [0.1, 0.15) is 56.7 Å². The van der Waals surface area contributed by atoms with Gasteiger partial charge in [-0.05, 0) is 70.3 Å². The Morgan fingerprint density at radius 3 is 2.63 bits per heavy atom. The third kappa shape index (κ3) is 5.55. The van der Waals surface area contributed by atoms with Gasteiger partial charge in [0.1, 0.15) is 18.2 Å². The smallest absolute Gasteiger partial charge is 0.418 e. The molecule has 2 aromatic rings. The van der Waals surface area contributed by atoms with Gasteiger partial charge in [0.05, 0.1) is 6.04 Å². The topological polar surface area (TPSA) is 103 Å². The molecule has 1 amide bonds. The number of aliphatic hydroxyl groups is 1. The van der Waals surface area contributed by atoms with Gasteiger partial charge in [0.2, 0.25) is 5.95 Å². The van der Waals surface area contributed by atoms with Crippen LogP contribution in [0.15, 0.2) is 30.5 Å². The van der Waals surface area contributed by atoms with E-state index in [0.717, 1.165) is 42.4 Å². The molecule has 1 aromatic carbocycles. The molecule has 3 aliphatic rings. The summed E-state index contributed by atoms with van der Waals surface area (Å²) in [4.78, 5) is 24.0.